The van der Waals surface area contributed by atoms with Gasteiger partial charge in [0.2, 0.25) is 0 Å². The monoisotopic (exact) mass is 280 g/mol. The van der Waals surface area contributed by atoms with Crippen molar-refractivity contribution in [3.63, 3.8) is 0 Å². The Morgan fingerprint density at radius 1 is 1.35 bits per heavy atom. The molecule has 0 aliphatic carbocycles. The molecule has 1 aliphatic heterocycles. The minimum Gasteiger partial charge on any atom is -0.309 e. The molecular weight excluding hydrogens is 252 g/mol. The number of hydrogen-bond donors (Lipinski definition) is 1. The van der Waals surface area contributed by atoms with Gasteiger partial charge >= 0.3 is 0 Å². The van der Waals surface area contributed by atoms with Crippen molar-refractivity contribution in [1.82, 2.24) is 30.1 Å². The average Bonchev–Trinajstić information content (AvgIpc) is 2.83. The van der Waals surface area contributed by atoms with Crippen LogP contribution in [0.25, 0.3) is 0 Å². The minimum absolute atomic E-state index is 0.478. The summed E-state index contributed by atoms with van der Waals surface area (Å²) in [5.41, 5.74) is 1.02. The first-order valence-corrected chi connectivity index (χ1v) is 7.59. The van der Waals surface area contributed by atoms with E-state index in [-0.39, 0.29) is 0 Å². The molecule has 0 spiro atoms. The molecule has 2 rings (SSSR count). The van der Waals surface area contributed by atoms with E-state index < -0.39 is 0 Å². The van der Waals surface area contributed by atoms with E-state index in [1.807, 2.05) is 4.68 Å². The molecule has 2 heterocycles. The zero-order chi connectivity index (χ0) is 14.5. The van der Waals surface area contributed by atoms with Crippen molar-refractivity contribution in [3.8, 4) is 0 Å². The first-order chi connectivity index (χ1) is 9.54. The summed E-state index contributed by atoms with van der Waals surface area (Å²) in [4.78, 5) is 4.93. The number of nitrogens with one attached hydrogen (secondary N) is 1. The van der Waals surface area contributed by atoms with Crippen molar-refractivity contribution in [3.05, 3.63) is 11.9 Å². The molecular formula is C14H28N6. The molecule has 0 amide bonds. The van der Waals surface area contributed by atoms with Gasteiger partial charge in [-0.25, -0.2) is 0 Å². The molecule has 6 nitrogen and oxygen atoms in total. The van der Waals surface area contributed by atoms with E-state index in [1.54, 1.807) is 0 Å². The van der Waals surface area contributed by atoms with Crippen LogP contribution in [0.2, 0.25) is 0 Å². The topological polar surface area (TPSA) is 49.2 Å². The highest BCUT2D eigenvalue weighted by molar-refractivity contribution is 4.92. The van der Waals surface area contributed by atoms with Crippen molar-refractivity contribution in [2.45, 2.75) is 45.9 Å². The molecule has 0 bridgehead atoms. The number of piperazine rings is 1. The lowest BCUT2D eigenvalue weighted by atomic mass is 10.2. The Balaban J connectivity index is 1.76. The fourth-order valence-electron chi connectivity index (χ4n) is 2.58. The molecule has 6 heteroatoms. The summed E-state index contributed by atoms with van der Waals surface area (Å²) in [5.74, 6) is 0. The van der Waals surface area contributed by atoms with Crippen LogP contribution in [0.5, 0.6) is 0 Å². The van der Waals surface area contributed by atoms with E-state index in [9.17, 15) is 0 Å². The largest absolute Gasteiger partial charge is 0.309 e. The molecule has 0 saturated carbocycles. The number of rotatable bonds is 6. The van der Waals surface area contributed by atoms with Gasteiger partial charge < -0.3 is 10.2 Å². The van der Waals surface area contributed by atoms with Crippen LogP contribution in [-0.4, -0.2) is 70.1 Å². The van der Waals surface area contributed by atoms with Gasteiger partial charge in [0.15, 0.2) is 0 Å². The van der Waals surface area contributed by atoms with Gasteiger partial charge in [0.1, 0.15) is 0 Å². The molecule has 20 heavy (non-hydrogen) atoms. The van der Waals surface area contributed by atoms with Gasteiger partial charge in [0.05, 0.1) is 12.2 Å². The third-order valence-electron chi connectivity index (χ3n) is 3.86. The fraction of sp³-hybridized carbons (Fsp3) is 0.857. The zero-order valence-electron chi connectivity index (χ0n) is 13.2. The van der Waals surface area contributed by atoms with E-state index in [1.165, 1.54) is 0 Å². The van der Waals surface area contributed by atoms with E-state index in [2.05, 4.69) is 59.4 Å². The van der Waals surface area contributed by atoms with Crippen molar-refractivity contribution in [2.75, 3.05) is 33.2 Å². The van der Waals surface area contributed by atoms with E-state index in [4.69, 9.17) is 0 Å². The molecule has 1 atom stereocenters. The Hall–Kier alpha value is -0.980. The molecule has 1 aromatic rings. The van der Waals surface area contributed by atoms with Crippen LogP contribution in [0, 0.1) is 0 Å². The van der Waals surface area contributed by atoms with E-state index in [0.717, 1.165) is 45.0 Å². The third-order valence-corrected chi connectivity index (χ3v) is 3.86. The molecule has 1 fully saturated rings. The summed E-state index contributed by atoms with van der Waals surface area (Å²) in [7, 11) is 2.19. The second-order valence-electron chi connectivity index (χ2n) is 6.16. The zero-order valence-corrected chi connectivity index (χ0v) is 13.2. The molecule has 114 valence electrons. The second kappa shape index (κ2) is 7.15. The van der Waals surface area contributed by atoms with Crippen LogP contribution in [0.3, 0.4) is 0 Å². The first kappa shape index (κ1) is 15.4. The summed E-state index contributed by atoms with van der Waals surface area (Å²) in [5, 5.41) is 11.8. The van der Waals surface area contributed by atoms with Crippen LogP contribution in [0.15, 0.2) is 6.20 Å². The van der Waals surface area contributed by atoms with Gasteiger partial charge in [-0.1, -0.05) is 19.1 Å². The highest BCUT2D eigenvalue weighted by atomic mass is 15.4. The predicted octanol–water partition coefficient (Wildman–Crippen LogP) is 0.412. The Morgan fingerprint density at radius 3 is 2.85 bits per heavy atom. The van der Waals surface area contributed by atoms with Crippen molar-refractivity contribution in [1.29, 1.82) is 0 Å². The molecule has 1 unspecified atom stereocenters. The van der Waals surface area contributed by atoms with Crippen LogP contribution in [0.4, 0.5) is 0 Å². The summed E-state index contributed by atoms with van der Waals surface area (Å²) in [6, 6.07) is 1.10. The first-order valence-electron chi connectivity index (χ1n) is 7.59. The van der Waals surface area contributed by atoms with Gasteiger partial charge in [-0.05, 0) is 14.0 Å². The number of likely N-dealkylation sites (N-methyl/N-ethyl adjacent to an activating group) is 1. The van der Waals surface area contributed by atoms with Gasteiger partial charge in [-0.2, -0.15) is 0 Å². The highest BCUT2D eigenvalue weighted by Gasteiger charge is 2.20. The minimum atomic E-state index is 0.478. The SMILES string of the molecule is CC(C)NCc1cn(CCN2CCN(C)CC2C)nn1. The summed E-state index contributed by atoms with van der Waals surface area (Å²) in [6.45, 7) is 12.8. The lowest BCUT2D eigenvalue weighted by Crippen LogP contribution is -2.51. The van der Waals surface area contributed by atoms with Crippen LogP contribution >= 0.6 is 0 Å². The maximum atomic E-state index is 4.21. The van der Waals surface area contributed by atoms with E-state index in [0.29, 0.717) is 12.1 Å². The van der Waals surface area contributed by atoms with Crippen LogP contribution in [-0.2, 0) is 13.1 Å². The number of hydrogen-bond acceptors (Lipinski definition) is 5. The molecule has 1 aromatic heterocycles. The van der Waals surface area contributed by atoms with Gasteiger partial charge in [-0.3, -0.25) is 9.58 Å². The van der Waals surface area contributed by atoms with Crippen LogP contribution < -0.4 is 5.32 Å². The molecule has 1 N–H and O–H groups in total. The molecule has 0 aromatic carbocycles. The molecule has 1 aliphatic rings. The second-order valence-corrected chi connectivity index (χ2v) is 6.16. The Labute approximate surface area is 122 Å². The molecule has 0 radical (unpaired) electrons. The summed E-state index contributed by atoms with van der Waals surface area (Å²) in [6.07, 6.45) is 2.05. The van der Waals surface area contributed by atoms with Gasteiger partial charge in [0, 0.05) is 51.0 Å². The maximum Gasteiger partial charge on any atom is 0.0964 e. The van der Waals surface area contributed by atoms with Crippen molar-refractivity contribution >= 4 is 0 Å². The lowest BCUT2D eigenvalue weighted by Gasteiger charge is -2.38. The summed E-state index contributed by atoms with van der Waals surface area (Å²) >= 11 is 0. The van der Waals surface area contributed by atoms with Crippen molar-refractivity contribution < 1.29 is 0 Å². The highest BCUT2D eigenvalue weighted by Crippen LogP contribution is 2.07. The molecule has 1 saturated heterocycles. The van der Waals surface area contributed by atoms with E-state index >= 15 is 0 Å². The Morgan fingerprint density at radius 2 is 2.15 bits per heavy atom. The predicted molar refractivity (Wildman–Crippen MR) is 80.5 cm³/mol. The number of nitrogens with zero attached hydrogens (tertiary/aromatic N) is 5. The third kappa shape index (κ3) is 4.54. The Kier molecular flexibility index (Phi) is 5.51. The number of aromatic nitrogens is 3. The lowest BCUT2D eigenvalue weighted by molar-refractivity contribution is 0.0957. The maximum absolute atomic E-state index is 4.21. The standard InChI is InChI=1S/C14H28N6/c1-12(2)15-9-14-11-20(17-16-14)8-7-19-6-5-18(4)10-13(19)3/h11-13,15H,5-10H2,1-4H3. The normalized spacial score (nSPS) is 21.8. The van der Waals surface area contributed by atoms with Gasteiger partial charge in [0.25, 0.3) is 0 Å². The fourth-order valence-corrected chi connectivity index (χ4v) is 2.58. The average molecular weight is 280 g/mol. The quantitative estimate of drug-likeness (QED) is 0.818. The van der Waals surface area contributed by atoms with Gasteiger partial charge in [-0.15, -0.1) is 5.10 Å². The summed E-state index contributed by atoms with van der Waals surface area (Å²) < 4.78 is 1.96. The van der Waals surface area contributed by atoms with Crippen LogP contribution in [0.1, 0.15) is 26.5 Å². The van der Waals surface area contributed by atoms with Crippen molar-refractivity contribution in [2.24, 2.45) is 0 Å². The Bertz CT molecular complexity index is 402. The smallest absolute Gasteiger partial charge is 0.0964 e.